The van der Waals surface area contributed by atoms with Gasteiger partial charge in [0.05, 0.1) is 0 Å². The second-order valence-electron chi connectivity index (χ2n) is 6.80. The molecule has 1 N–H and O–H groups in total. The summed E-state index contributed by atoms with van der Waals surface area (Å²) < 4.78 is 0. The van der Waals surface area contributed by atoms with Crippen LogP contribution in [0.4, 0.5) is 0 Å². The van der Waals surface area contributed by atoms with Gasteiger partial charge in [0.2, 0.25) is 0 Å². The molecule has 3 aromatic carbocycles. The van der Waals surface area contributed by atoms with Gasteiger partial charge in [-0.2, -0.15) is 5.56 Å². The maximum Gasteiger partial charge on any atom is 4.00 e. The number of allylic oxidation sites excluding steroid dienone is 1. The van der Waals surface area contributed by atoms with E-state index in [0.29, 0.717) is 0 Å². The summed E-state index contributed by atoms with van der Waals surface area (Å²) in [6, 6.07) is 17.5. The molecule has 1 nitrogen and oxygen atoms in total. The minimum Gasteiger partial charge on any atom is -0.673 e. The molecule has 4 rings (SSSR count). The van der Waals surface area contributed by atoms with Crippen molar-refractivity contribution in [3.05, 3.63) is 86.3 Å². The first-order valence-corrected chi connectivity index (χ1v) is 7.68. The summed E-state index contributed by atoms with van der Waals surface area (Å²) in [4.78, 5) is 0. The van der Waals surface area contributed by atoms with Crippen molar-refractivity contribution in [2.75, 3.05) is 0 Å². The van der Waals surface area contributed by atoms with Crippen LogP contribution in [0.15, 0.2) is 48.5 Å². The second-order valence-corrected chi connectivity index (χ2v) is 6.80. The summed E-state index contributed by atoms with van der Waals surface area (Å²) in [5.74, 6) is 0. The van der Waals surface area contributed by atoms with Crippen molar-refractivity contribution in [2.24, 2.45) is 0 Å². The van der Waals surface area contributed by atoms with Crippen LogP contribution in [0.2, 0.25) is 0 Å². The van der Waals surface area contributed by atoms with Crippen molar-refractivity contribution < 1.29 is 21.7 Å². The van der Waals surface area contributed by atoms with Crippen molar-refractivity contribution in [3.8, 4) is 0 Å². The Morgan fingerprint density at radius 1 is 0.846 bits per heavy atom. The Labute approximate surface area is 179 Å². The quantitative estimate of drug-likeness (QED) is 0.230. The summed E-state index contributed by atoms with van der Waals surface area (Å²) in [6.07, 6.45) is 6.39. The molecule has 4 radical (unpaired) electrons. The minimum atomic E-state index is -0.250. The van der Waals surface area contributed by atoms with Crippen molar-refractivity contribution in [1.29, 1.82) is 0 Å². The summed E-state index contributed by atoms with van der Waals surface area (Å²) in [5.41, 5.74) is 9.44. The van der Waals surface area contributed by atoms with Crippen molar-refractivity contribution in [2.45, 2.75) is 32.7 Å². The molecule has 0 bridgehead atoms. The van der Waals surface area contributed by atoms with Gasteiger partial charge in [0.15, 0.2) is 0 Å². The Bertz CT molecular complexity index is 857. The monoisotopic (exact) mass is 393 g/mol. The molecule has 0 unspecified atom stereocenters. The predicted molar refractivity (Wildman–Crippen MR) is 116 cm³/mol. The van der Waals surface area contributed by atoms with Crippen LogP contribution in [-0.4, -0.2) is 16.5 Å². The Hall–Kier alpha value is -1.19. The third kappa shape index (κ3) is 6.21. The van der Waals surface area contributed by atoms with Crippen LogP contribution in [0, 0.1) is 20.9 Å². The molecule has 0 atom stereocenters. The smallest absolute Gasteiger partial charge is 0.673 e. The van der Waals surface area contributed by atoms with Crippen LogP contribution in [0.1, 0.15) is 31.9 Å². The molecule has 0 aliphatic heterocycles. The number of benzene rings is 3. The Morgan fingerprint density at radius 2 is 1.42 bits per heavy atom. The molecular formula is C23H27NSiTi. The molecule has 1 aliphatic carbocycles. The van der Waals surface area contributed by atoms with Gasteiger partial charge in [-0.1, -0.05) is 74.7 Å². The largest absolute Gasteiger partial charge is 4.00 e. The van der Waals surface area contributed by atoms with Crippen LogP contribution in [-0.2, 0) is 28.1 Å². The molecular weight excluding hydrogens is 366 g/mol. The van der Waals surface area contributed by atoms with E-state index >= 15 is 0 Å². The number of hydrogen-bond donors (Lipinski definition) is 0. The zero-order chi connectivity index (χ0) is 15.7. The molecule has 132 valence electrons. The molecule has 3 heteroatoms. The zero-order valence-corrected chi connectivity index (χ0v) is 19.0. The first kappa shape index (κ1) is 27.0. The SMILES string of the molecule is CC(C)(C)[NH-].[C-]1=Cc2c(ccc3c2ccc2ccccc23)C1.[CH3-].[CH3-].[Si].[Ti+4]. The minimum absolute atomic E-state index is 0. The Kier molecular flexibility index (Phi) is 11.3. The molecule has 1 aliphatic rings. The molecule has 26 heavy (non-hydrogen) atoms. The summed E-state index contributed by atoms with van der Waals surface area (Å²) in [6.45, 7) is 5.56. The van der Waals surface area contributed by atoms with Gasteiger partial charge in [-0.3, -0.25) is 6.08 Å². The molecule has 0 saturated heterocycles. The zero-order valence-electron chi connectivity index (χ0n) is 16.4. The topological polar surface area (TPSA) is 23.8 Å². The van der Waals surface area contributed by atoms with E-state index in [1.807, 2.05) is 20.8 Å². The molecule has 0 saturated carbocycles. The molecule has 3 aromatic rings. The fourth-order valence-electron chi connectivity index (χ4n) is 2.74. The standard InChI is InChI=1S/C17H11.C4H10N.2CH3.Si.Ti/c1-2-6-14-12(4-1)8-10-17-15-7-3-5-13(15)9-11-16(14)17;1-4(2,3)5;;;;/h1-2,4,6-11H,5H2;5H,1-3H3;2*1H3;;/q4*-1;;+4. The van der Waals surface area contributed by atoms with E-state index < -0.39 is 0 Å². The Balaban J connectivity index is 0. The van der Waals surface area contributed by atoms with Crippen LogP contribution in [0.3, 0.4) is 0 Å². The molecule has 0 heterocycles. The molecule has 0 aromatic heterocycles. The van der Waals surface area contributed by atoms with E-state index in [2.05, 4.69) is 60.7 Å². The van der Waals surface area contributed by atoms with Crippen LogP contribution in [0.25, 0.3) is 33.4 Å². The normalized spacial score (nSPS) is 11.1. The molecule has 0 fully saturated rings. The van der Waals surface area contributed by atoms with Crippen molar-refractivity contribution >= 4 is 38.6 Å². The fraction of sp³-hybridized carbons (Fsp3) is 0.217. The van der Waals surface area contributed by atoms with Crippen molar-refractivity contribution in [1.82, 2.24) is 0 Å². The van der Waals surface area contributed by atoms with Gasteiger partial charge in [0.25, 0.3) is 0 Å². The first-order chi connectivity index (χ1) is 10.4. The molecule has 0 amide bonds. The maximum absolute atomic E-state index is 6.94. The predicted octanol–water partition coefficient (Wildman–Crippen LogP) is 6.72. The van der Waals surface area contributed by atoms with Gasteiger partial charge in [-0.25, -0.2) is 6.08 Å². The van der Waals surface area contributed by atoms with E-state index in [4.69, 9.17) is 5.73 Å². The number of rotatable bonds is 0. The van der Waals surface area contributed by atoms with Gasteiger partial charge in [-0.05, 0) is 16.2 Å². The van der Waals surface area contributed by atoms with E-state index in [9.17, 15) is 0 Å². The average molecular weight is 393 g/mol. The van der Waals surface area contributed by atoms with E-state index in [1.54, 1.807) is 0 Å². The van der Waals surface area contributed by atoms with Gasteiger partial charge < -0.3 is 20.6 Å². The second kappa shape index (κ2) is 10.8. The third-order valence-corrected chi connectivity index (χ3v) is 3.60. The molecule has 0 spiro atoms. The number of hydrogen-bond acceptors (Lipinski definition) is 0. The van der Waals surface area contributed by atoms with Gasteiger partial charge in [0.1, 0.15) is 0 Å². The maximum atomic E-state index is 6.94. The summed E-state index contributed by atoms with van der Waals surface area (Å²) in [5, 5.41) is 5.35. The van der Waals surface area contributed by atoms with E-state index in [-0.39, 0.29) is 53.1 Å². The van der Waals surface area contributed by atoms with Crippen LogP contribution in [0.5, 0.6) is 0 Å². The van der Waals surface area contributed by atoms with E-state index in [1.165, 1.54) is 32.7 Å². The van der Waals surface area contributed by atoms with E-state index in [0.717, 1.165) is 6.42 Å². The van der Waals surface area contributed by atoms with Gasteiger partial charge in [-0.15, -0.1) is 17.5 Å². The van der Waals surface area contributed by atoms with Crippen molar-refractivity contribution in [3.63, 3.8) is 0 Å². The van der Waals surface area contributed by atoms with Gasteiger partial charge in [0, 0.05) is 11.0 Å². The third-order valence-electron chi connectivity index (χ3n) is 3.60. The van der Waals surface area contributed by atoms with Crippen LogP contribution >= 0.6 is 0 Å². The average Bonchev–Trinajstić information content (AvgIpc) is 2.93. The fourth-order valence-corrected chi connectivity index (χ4v) is 2.74. The van der Waals surface area contributed by atoms with Gasteiger partial charge >= 0.3 is 21.7 Å². The number of nitrogens with one attached hydrogen (secondary N) is 1. The number of fused-ring (bicyclic) bond motifs is 5. The van der Waals surface area contributed by atoms with Crippen LogP contribution < -0.4 is 0 Å². The summed E-state index contributed by atoms with van der Waals surface area (Å²) in [7, 11) is 0. The summed E-state index contributed by atoms with van der Waals surface area (Å²) >= 11 is 0. The first-order valence-electron chi connectivity index (χ1n) is 7.68. The Morgan fingerprint density at radius 3 is 2.08 bits per heavy atom.